The summed E-state index contributed by atoms with van der Waals surface area (Å²) >= 11 is 0. The number of aromatic carboxylic acids is 1. The minimum absolute atomic E-state index is 0.105. The fraction of sp³-hybridized carbons (Fsp3) is 0.385. The van der Waals surface area contributed by atoms with Gasteiger partial charge in [0.1, 0.15) is 6.04 Å². The van der Waals surface area contributed by atoms with Crippen LogP contribution in [0.1, 0.15) is 17.3 Å². The molecule has 0 aliphatic heterocycles. The summed E-state index contributed by atoms with van der Waals surface area (Å²) in [6.07, 6.45) is 0. The Hall–Kier alpha value is -2.28. The van der Waals surface area contributed by atoms with Gasteiger partial charge in [0, 0.05) is 13.7 Å². The topological polar surface area (TPSA) is 114 Å². The van der Waals surface area contributed by atoms with Crippen molar-refractivity contribution in [2.24, 2.45) is 0 Å². The molecule has 1 aromatic carbocycles. The van der Waals surface area contributed by atoms with Crippen LogP contribution in [0.5, 0.6) is 0 Å². The highest BCUT2D eigenvalue weighted by molar-refractivity contribution is 5.91. The molecule has 0 fully saturated rings. The van der Waals surface area contributed by atoms with Crippen molar-refractivity contribution in [2.45, 2.75) is 13.0 Å². The van der Waals surface area contributed by atoms with E-state index in [0.717, 1.165) is 0 Å². The number of rotatable bonds is 7. The van der Waals surface area contributed by atoms with E-state index in [0.29, 0.717) is 24.5 Å². The third-order valence-corrected chi connectivity index (χ3v) is 2.67. The highest BCUT2D eigenvalue weighted by atomic mass is 16.5. The molecule has 0 aliphatic carbocycles. The predicted octanol–water partition coefficient (Wildman–Crippen LogP) is 0.530. The van der Waals surface area contributed by atoms with Gasteiger partial charge >= 0.3 is 5.97 Å². The van der Waals surface area contributed by atoms with Crippen LogP contribution in [0.15, 0.2) is 18.2 Å². The fourth-order valence-corrected chi connectivity index (χ4v) is 1.54. The molecule has 0 bridgehead atoms. The van der Waals surface area contributed by atoms with Gasteiger partial charge in [0.05, 0.1) is 23.5 Å². The van der Waals surface area contributed by atoms with Crippen LogP contribution in [0.4, 0.5) is 11.4 Å². The molecule has 1 aromatic rings. The number of nitrogen functional groups attached to an aromatic ring is 1. The van der Waals surface area contributed by atoms with Gasteiger partial charge in [0.2, 0.25) is 5.91 Å². The highest BCUT2D eigenvalue weighted by Gasteiger charge is 2.14. The average molecular weight is 281 g/mol. The quantitative estimate of drug-likeness (QED) is 0.428. The first-order valence-corrected chi connectivity index (χ1v) is 6.11. The Balaban J connectivity index is 2.69. The molecule has 0 aliphatic rings. The summed E-state index contributed by atoms with van der Waals surface area (Å²) in [4.78, 5) is 22.7. The minimum atomic E-state index is -1.05. The summed E-state index contributed by atoms with van der Waals surface area (Å²) < 4.78 is 4.83. The van der Waals surface area contributed by atoms with E-state index in [1.54, 1.807) is 14.0 Å². The molecule has 0 radical (unpaired) electrons. The van der Waals surface area contributed by atoms with Crippen molar-refractivity contribution in [1.29, 1.82) is 0 Å². The molecular weight excluding hydrogens is 262 g/mol. The lowest BCUT2D eigenvalue weighted by molar-refractivity contribution is -0.121. The first-order chi connectivity index (χ1) is 9.45. The summed E-state index contributed by atoms with van der Waals surface area (Å²) in [5.74, 6) is -1.27. The maximum atomic E-state index is 11.8. The fourth-order valence-electron chi connectivity index (χ4n) is 1.54. The Morgan fingerprint density at radius 1 is 1.45 bits per heavy atom. The standard InChI is InChI=1S/C13H19N3O4/c1-8(12(17)15-5-6-20-2)16-11-7-9(13(18)19)3-4-10(11)14/h3-4,7-8,16H,5-6,14H2,1-2H3,(H,15,17)(H,18,19). The lowest BCUT2D eigenvalue weighted by Crippen LogP contribution is -2.39. The van der Waals surface area contributed by atoms with Crippen molar-refractivity contribution in [1.82, 2.24) is 5.32 Å². The van der Waals surface area contributed by atoms with Crippen LogP contribution in [0, 0.1) is 0 Å². The molecule has 7 nitrogen and oxygen atoms in total. The third kappa shape index (κ3) is 4.43. The van der Waals surface area contributed by atoms with Crippen LogP contribution in [0.3, 0.4) is 0 Å². The molecule has 0 saturated carbocycles. The van der Waals surface area contributed by atoms with Gasteiger partial charge in [-0.2, -0.15) is 0 Å². The van der Waals surface area contributed by atoms with E-state index in [2.05, 4.69) is 10.6 Å². The van der Waals surface area contributed by atoms with Crippen molar-refractivity contribution >= 4 is 23.3 Å². The van der Waals surface area contributed by atoms with Gasteiger partial charge in [-0.15, -0.1) is 0 Å². The SMILES string of the molecule is COCCNC(=O)C(C)Nc1cc(C(=O)O)ccc1N. The number of anilines is 2. The number of carboxylic acid groups (broad SMARTS) is 1. The zero-order valence-electron chi connectivity index (χ0n) is 11.5. The maximum Gasteiger partial charge on any atom is 0.335 e. The van der Waals surface area contributed by atoms with Gasteiger partial charge in [-0.1, -0.05) is 0 Å². The summed E-state index contributed by atoms with van der Waals surface area (Å²) in [6.45, 7) is 2.50. The zero-order valence-corrected chi connectivity index (χ0v) is 11.5. The number of nitrogens with two attached hydrogens (primary N) is 1. The van der Waals surface area contributed by atoms with E-state index < -0.39 is 12.0 Å². The summed E-state index contributed by atoms with van der Waals surface area (Å²) in [5, 5.41) is 14.5. The largest absolute Gasteiger partial charge is 0.478 e. The zero-order chi connectivity index (χ0) is 15.1. The predicted molar refractivity (Wildman–Crippen MR) is 75.8 cm³/mol. The molecular formula is C13H19N3O4. The van der Waals surface area contributed by atoms with Crippen molar-refractivity contribution in [2.75, 3.05) is 31.3 Å². The molecule has 1 atom stereocenters. The number of hydrogen-bond acceptors (Lipinski definition) is 5. The molecule has 20 heavy (non-hydrogen) atoms. The van der Waals surface area contributed by atoms with E-state index >= 15 is 0 Å². The number of carbonyl (C=O) groups excluding carboxylic acids is 1. The normalized spacial score (nSPS) is 11.7. The van der Waals surface area contributed by atoms with Crippen molar-refractivity contribution in [3.63, 3.8) is 0 Å². The van der Waals surface area contributed by atoms with E-state index in [4.69, 9.17) is 15.6 Å². The highest BCUT2D eigenvalue weighted by Crippen LogP contribution is 2.20. The lowest BCUT2D eigenvalue weighted by Gasteiger charge is -2.17. The summed E-state index contributed by atoms with van der Waals surface area (Å²) in [6, 6.07) is 3.75. The Morgan fingerprint density at radius 3 is 2.75 bits per heavy atom. The first-order valence-electron chi connectivity index (χ1n) is 6.11. The molecule has 0 saturated heterocycles. The van der Waals surface area contributed by atoms with Crippen molar-refractivity contribution in [3.05, 3.63) is 23.8 Å². The Bertz CT molecular complexity index is 491. The third-order valence-electron chi connectivity index (χ3n) is 2.67. The van der Waals surface area contributed by atoms with Crippen LogP contribution >= 0.6 is 0 Å². The number of methoxy groups -OCH3 is 1. The summed E-state index contributed by atoms with van der Waals surface area (Å²) in [5.41, 5.74) is 6.65. The van der Waals surface area contributed by atoms with Gasteiger partial charge in [-0.3, -0.25) is 4.79 Å². The second-order valence-electron chi connectivity index (χ2n) is 4.26. The molecule has 1 rings (SSSR count). The number of benzene rings is 1. The lowest BCUT2D eigenvalue weighted by atomic mass is 10.1. The van der Waals surface area contributed by atoms with Crippen molar-refractivity contribution in [3.8, 4) is 0 Å². The Kier molecular flexibility index (Phi) is 5.79. The minimum Gasteiger partial charge on any atom is -0.478 e. The van der Waals surface area contributed by atoms with Crippen LogP contribution in [0.2, 0.25) is 0 Å². The monoisotopic (exact) mass is 281 g/mol. The number of carbonyl (C=O) groups is 2. The van der Waals surface area contributed by atoms with Crippen LogP contribution in [-0.4, -0.2) is 43.3 Å². The van der Waals surface area contributed by atoms with Crippen LogP contribution in [0.25, 0.3) is 0 Å². The molecule has 0 heterocycles. The summed E-state index contributed by atoms with van der Waals surface area (Å²) in [7, 11) is 1.55. The van der Waals surface area contributed by atoms with E-state index in [1.165, 1.54) is 18.2 Å². The van der Waals surface area contributed by atoms with Crippen LogP contribution in [-0.2, 0) is 9.53 Å². The number of ether oxygens (including phenoxy) is 1. The second-order valence-corrected chi connectivity index (χ2v) is 4.26. The molecule has 1 unspecified atom stereocenters. The molecule has 0 aromatic heterocycles. The Labute approximate surface area is 117 Å². The van der Waals surface area contributed by atoms with E-state index in [9.17, 15) is 9.59 Å². The number of nitrogens with one attached hydrogen (secondary N) is 2. The molecule has 5 N–H and O–H groups in total. The molecule has 110 valence electrons. The van der Waals surface area contributed by atoms with Crippen LogP contribution < -0.4 is 16.4 Å². The molecule has 7 heteroatoms. The van der Waals surface area contributed by atoms with Gasteiger partial charge in [0.25, 0.3) is 0 Å². The van der Waals surface area contributed by atoms with Gasteiger partial charge in [-0.05, 0) is 25.1 Å². The van der Waals surface area contributed by atoms with E-state index in [1.807, 2.05) is 0 Å². The number of hydrogen-bond donors (Lipinski definition) is 4. The van der Waals surface area contributed by atoms with Gasteiger partial charge in [0.15, 0.2) is 0 Å². The number of amides is 1. The van der Waals surface area contributed by atoms with Gasteiger partial charge in [-0.25, -0.2) is 4.79 Å². The smallest absolute Gasteiger partial charge is 0.335 e. The number of carboxylic acids is 1. The maximum absolute atomic E-state index is 11.8. The van der Waals surface area contributed by atoms with Gasteiger partial charge < -0.3 is 26.2 Å². The first kappa shape index (κ1) is 15.8. The Morgan fingerprint density at radius 2 is 2.15 bits per heavy atom. The second kappa shape index (κ2) is 7.34. The molecule has 1 amide bonds. The molecule has 0 spiro atoms. The van der Waals surface area contributed by atoms with Crippen molar-refractivity contribution < 1.29 is 19.4 Å². The average Bonchev–Trinajstić information content (AvgIpc) is 2.41. The van der Waals surface area contributed by atoms with E-state index in [-0.39, 0.29) is 11.5 Å².